The molecule has 0 spiro atoms. The molecule has 3 heterocycles. The Hall–Kier alpha value is -1.75. The van der Waals surface area contributed by atoms with Gasteiger partial charge in [0, 0.05) is 24.2 Å². The maximum atomic E-state index is 12.8. The predicted octanol–water partition coefficient (Wildman–Crippen LogP) is 2.91. The SMILES string of the molecule is CCn1cc(N)cc1C(=O)N1CCc2sccc2C1C. The minimum Gasteiger partial charge on any atom is -0.397 e. The summed E-state index contributed by atoms with van der Waals surface area (Å²) >= 11 is 1.79. The number of rotatable bonds is 2. The Labute approximate surface area is 122 Å². The molecular formula is C15H19N3OS. The smallest absolute Gasteiger partial charge is 0.271 e. The molecule has 106 valence electrons. The fourth-order valence-electron chi connectivity index (χ4n) is 2.91. The van der Waals surface area contributed by atoms with Crippen molar-refractivity contribution >= 4 is 22.9 Å². The number of carbonyl (C=O) groups excluding carboxylic acids is 1. The third-order valence-electron chi connectivity index (χ3n) is 4.02. The number of hydrogen-bond acceptors (Lipinski definition) is 3. The zero-order chi connectivity index (χ0) is 14.3. The van der Waals surface area contributed by atoms with Gasteiger partial charge in [0.05, 0.1) is 11.7 Å². The summed E-state index contributed by atoms with van der Waals surface area (Å²) in [6, 6.07) is 4.05. The average molecular weight is 289 g/mol. The molecule has 5 heteroatoms. The van der Waals surface area contributed by atoms with Gasteiger partial charge >= 0.3 is 0 Å². The topological polar surface area (TPSA) is 51.3 Å². The Balaban J connectivity index is 1.92. The highest BCUT2D eigenvalue weighted by atomic mass is 32.1. The van der Waals surface area contributed by atoms with E-state index in [1.807, 2.05) is 22.6 Å². The summed E-state index contributed by atoms with van der Waals surface area (Å²) < 4.78 is 1.92. The van der Waals surface area contributed by atoms with E-state index < -0.39 is 0 Å². The van der Waals surface area contributed by atoms with E-state index in [1.54, 1.807) is 17.4 Å². The third-order valence-corrected chi connectivity index (χ3v) is 5.01. The van der Waals surface area contributed by atoms with Gasteiger partial charge in [0.25, 0.3) is 5.91 Å². The first kappa shape index (κ1) is 13.2. The monoisotopic (exact) mass is 289 g/mol. The summed E-state index contributed by atoms with van der Waals surface area (Å²) in [6.07, 6.45) is 2.78. The van der Waals surface area contributed by atoms with Gasteiger partial charge in [-0.3, -0.25) is 4.79 Å². The summed E-state index contributed by atoms with van der Waals surface area (Å²) in [4.78, 5) is 16.2. The van der Waals surface area contributed by atoms with Crippen LogP contribution < -0.4 is 5.73 Å². The number of nitrogen functional groups attached to an aromatic ring is 1. The molecule has 2 aromatic rings. The van der Waals surface area contributed by atoms with E-state index in [-0.39, 0.29) is 11.9 Å². The molecular weight excluding hydrogens is 270 g/mol. The van der Waals surface area contributed by atoms with E-state index in [2.05, 4.69) is 18.4 Å². The number of carbonyl (C=O) groups is 1. The van der Waals surface area contributed by atoms with Crippen molar-refractivity contribution in [3.8, 4) is 0 Å². The molecule has 1 unspecified atom stereocenters. The van der Waals surface area contributed by atoms with Crippen molar-refractivity contribution in [3.05, 3.63) is 39.8 Å². The molecule has 1 amide bonds. The maximum absolute atomic E-state index is 12.8. The normalized spacial score (nSPS) is 18.1. The van der Waals surface area contributed by atoms with Crippen molar-refractivity contribution < 1.29 is 4.79 Å². The fraction of sp³-hybridized carbons (Fsp3) is 0.400. The molecule has 2 N–H and O–H groups in total. The van der Waals surface area contributed by atoms with Crippen molar-refractivity contribution in [2.24, 2.45) is 0 Å². The molecule has 0 fully saturated rings. The molecule has 1 atom stereocenters. The van der Waals surface area contributed by atoms with Crippen LogP contribution in [0, 0.1) is 0 Å². The summed E-state index contributed by atoms with van der Waals surface area (Å²) in [7, 11) is 0. The van der Waals surface area contributed by atoms with E-state index in [0.29, 0.717) is 11.4 Å². The zero-order valence-electron chi connectivity index (χ0n) is 11.8. The van der Waals surface area contributed by atoms with E-state index in [9.17, 15) is 4.79 Å². The molecule has 0 saturated heterocycles. The average Bonchev–Trinajstić information content (AvgIpc) is 3.04. The number of hydrogen-bond donors (Lipinski definition) is 1. The molecule has 0 bridgehead atoms. The lowest BCUT2D eigenvalue weighted by Crippen LogP contribution is -2.39. The van der Waals surface area contributed by atoms with Crippen LogP contribution in [0.4, 0.5) is 5.69 Å². The third kappa shape index (κ3) is 2.02. The van der Waals surface area contributed by atoms with Crippen molar-refractivity contribution in [2.45, 2.75) is 32.9 Å². The second-order valence-corrected chi connectivity index (χ2v) is 6.17. The number of aryl methyl sites for hydroxylation is 1. The molecule has 3 rings (SSSR count). The van der Waals surface area contributed by atoms with Crippen LogP contribution in [-0.4, -0.2) is 21.9 Å². The van der Waals surface area contributed by atoms with Crippen LogP contribution in [0.5, 0.6) is 0 Å². The standard InChI is InChI=1S/C15H19N3OS/c1-3-17-9-11(16)8-13(17)15(19)18-6-4-14-12(10(18)2)5-7-20-14/h5,7-10H,3-4,6,16H2,1-2H3. The van der Waals surface area contributed by atoms with E-state index in [0.717, 1.165) is 19.5 Å². The Kier molecular flexibility index (Phi) is 3.30. The molecule has 1 aliphatic heterocycles. The molecule has 1 aliphatic rings. The van der Waals surface area contributed by atoms with Crippen LogP contribution in [0.2, 0.25) is 0 Å². The Morgan fingerprint density at radius 2 is 2.35 bits per heavy atom. The highest BCUT2D eigenvalue weighted by Crippen LogP contribution is 2.33. The summed E-state index contributed by atoms with van der Waals surface area (Å²) in [5.74, 6) is 0.0768. The largest absolute Gasteiger partial charge is 0.397 e. The van der Waals surface area contributed by atoms with Gasteiger partial charge in [-0.15, -0.1) is 11.3 Å². The molecule has 0 aliphatic carbocycles. The first-order chi connectivity index (χ1) is 9.61. The summed E-state index contributed by atoms with van der Waals surface area (Å²) in [5, 5.41) is 2.11. The van der Waals surface area contributed by atoms with Crippen LogP contribution in [0.15, 0.2) is 23.7 Å². The zero-order valence-corrected chi connectivity index (χ0v) is 12.6. The summed E-state index contributed by atoms with van der Waals surface area (Å²) in [6.45, 7) is 5.66. The lowest BCUT2D eigenvalue weighted by molar-refractivity contribution is 0.0668. The van der Waals surface area contributed by atoms with E-state index in [1.165, 1.54) is 10.4 Å². The molecule has 20 heavy (non-hydrogen) atoms. The number of nitrogens with two attached hydrogens (primary N) is 1. The molecule has 0 radical (unpaired) electrons. The Bertz CT molecular complexity index is 643. The second kappa shape index (κ2) is 4.98. The van der Waals surface area contributed by atoms with Gasteiger partial charge in [0.15, 0.2) is 0 Å². The van der Waals surface area contributed by atoms with Crippen LogP contribution in [-0.2, 0) is 13.0 Å². The lowest BCUT2D eigenvalue weighted by atomic mass is 10.0. The van der Waals surface area contributed by atoms with Crippen LogP contribution >= 0.6 is 11.3 Å². The van der Waals surface area contributed by atoms with E-state index in [4.69, 9.17) is 5.73 Å². The van der Waals surface area contributed by atoms with Gasteiger partial charge in [-0.1, -0.05) is 0 Å². The van der Waals surface area contributed by atoms with Gasteiger partial charge in [0.2, 0.25) is 0 Å². The van der Waals surface area contributed by atoms with Gasteiger partial charge in [-0.25, -0.2) is 0 Å². The first-order valence-electron chi connectivity index (χ1n) is 6.94. The minimum absolute atomic E-state index is 0.0768. The quantitative estimate of drug-likeness (QED) is 0.924. The molecule has 4 nitrogen and oxygen atoms in total. The number of fused-ring (bicyclic) bond motifs is 1. The van der Waals surface area contributed by atoms with Gasteiger partial charge < -0.3 is 15.2 Å². The van der Waals surface area contributed by atoms with Gasteiger partial charge in [-0.2, -0.15) is 0 Å². The first-order valence-corrected chi connectivity index (χ1v) is 7.82. The number of aromatic nitrogens is 1. The number of nitrogens with zero attached hydrogens (tertiary/aromatic N) is 2. The number of amides is 1. The van der Waals surface area contributed by atoms with Gasteiger partial charge in [-0.05, 0) is 43.3 Å². The maximum Gasteiger partial charge on any atom is 0.271 e. The highest BCUT2D eigenvalue weighted by molar-refractivity contribution is 7.10. The van der Waals surface area contributed by atoms with Crippen molar-refractivity contribution in [3.63, 3.8) is 0 Å². The minimum atomic E-state index is 0.0768. The highest BCUT2D eigenvalue weighted by Gasteiger charge is 2.30. The molecule has 0 aromatic carbocycles. The number of anilines is 1. The second-order valence-electron chi connectivity index (χ2n) is 5.17. The van der Waals surface area contributed by atoms with Crippen LogP contribution in [0.1, 0.15) is 40.8 Å². The van der Waals surface area contributed by atoms with Crippen molar-refractivity contribution in [2.75, 3.05) is 12.3 Å². The number of thiophene rings is 1. The summed E-state index contributed by atoms with van der Waals surface area (Å²) in [5.41, 5.74) is 8.46. The van der Waals surface area contributed by atoms with Gasteiger partial charge in [0.1, 0.15) is 5.69 Å². The Morgan fingerprint density at radius 1 is 1.55 bits per heavy atom. The molecule has 0 saturated carbocycles. The lowest BCUT2D eigenvalue weighted by Gasteiger charge is -2.33. The molecule has 2 aromatic heterocycles. The van der Waals surface area contributed by atoms with E-state index >= 15 is 0 Å². The Morgan fingerprint density at radius 3 is 3.10 bits per heavy atom. The fourth-order valence-corrected chi connectivity index (χ4v) is 3.87. The van der Waals surface area contributed by atoms with Crippen molar-refractivity contribution in [1.29, 1.82) is 0 Å². The predicted molar refractivity (Wildman–Crippen MR) is 82.0 cm³/mol. The van der Waals surface area contributed by atoms with Crippen LogP contribution in [0.3, 0.4) is 0 Å². The van der Waals surface area contributed by atoms with Crippen molar-refractivity contribution in [1.82, 2.24) is 9.47 Å². The van der Waals surface area contributed by atoms with Crippen LogP contribution in [0.25, 0.3) is 0 Å².